The number of amides is 3. The molecule has 64 heavy (non-hydrogen) atoms. The van der Waals surface area contributed by atoms with Gasteiger partial charge in [0.25, 0.3) is 17.7 Å². The van der Waals surface area contributed by atoms with Crippen LogP contribution in [-0.2, 0) is 38.9 Å². The zero-order chi connectivity index (χ0) is 45.2. The van der Waals surface area contributed by atoms with Crippen molar-refractivity contribution in [2.45, 2.75) is 82.2 Å². The standard InChI is InChI=1S/C46H52N8O9S/c1-3-54(36-22-18-33(19-23-36)45(58)62-2)64(60,61)37-9-7-8-34(28-37)43(56)49-38-24-25-40(53-26-5-4-6-27-53)51-41(38)44(57)48-35-20-14-31(15-21-35)11-10-30-12-16-32(17-13-30)42(55)47-29-39-50-46(59)63-52-39/h7-9,12-17,20-21,24-25,28,33,36H,3-6,10-11,18-19,22-23,26-27,29H2,1-2H3,(H,47,55)(H,48,57)(H,49,56)(H,50,52,59). The third kappa shape index (κ3) is 11.1. The van der Waals surface area contributed by atoms with Gasteiger partial charge in [-0.05, 0) is 124 Å². The number of nitrogens with zero attached hydrogens (tertiary/aromatic N) is 4. The second-order valence-corrected chi connectivity index (χ2v) is 17.8. The monoisotopic (exact) mass is 892 g/mol. The average Bonchev–Trinajstić information content (AvgIpc) is 3.75. The number of aryl methyl sites for hydroxylation is 2. The van der Waals surface area contributed by atoms with E-state index in [1.165, 1.54) is 35.7 Å². The molecule has 1 saturated heterocycles. The number of sulfonamides is 1. The Morgan fingerprint density at radius 1 is 0.828 bits per heavy atom. The highest BCUT2D eigenvalue weighted by Gasteiger charge is 2.35. The lowest BCUT2D eigenvalue weighted by Crippen LogP contribution is -2.43. The van der Waals surface area contributed by atoms with Gasteiger partial charge in [0.15, 0.2) is 11.5 Å². The molecule has 2 fully saturated rings. The van der Waals surface area contributed by atoms with Crippen molar-refractivity contribution in [1.29, 1.82) is 0 Å². The molecular weight excluding hydrogens is 841 g/mol. The first-order valence-corrected chi connectivity index (χ1v) is 22.9. The molecule has 0 unspecified atom stereocenters. The number of anilines is 3. The van der Waals surface area contributed by atoms with E-state index in [9.17, 15) is 32.4 Å². The van der Waals surface area contributed by atoms with Gasteiger partial charge in [-0.15, -0.1) is 0 Å². The maximum absolute atomic E-state index is 14.0. The fraction of sp³-hybridized carbons (Fsp3) is 0.370. The summed E-state index contributed by atoms with van der Waals surface area (Å²) in [5.74, 6) is -1.84. The Morgan fingerprint density at radius 3 is 2.16 bits per heavy atom. The molecule has 336 valence electrons. The SMILES string of the molecule is CCN(C1CCC(C(=O)OC)CC1)S(=O)(=O)c1cccc(C(=O)Nc2ccc(N3CCCCC3)nc2C(=O)Nc2ccc(CCc3ccc(C(=O)NCc4noc(=O)[nH]4)cc3)cc2)c1. The number of hydrogen-bond acceptors (Lipinski definition) is 12. The van der Waals surface area contributed by atoms with Crippen LogP contribution in [0.1, 0.15) is 100 Å². The van der Waals surface area contributed by atoms with Crippen molar-refractivity contribution in [2.24, 2.45) is 5.92 Å². The molecule has 2 aliphatic rings. The van der Waals surface area contributed by atoms with Crippen LogP contribution in [0.2, 0.25) is 0 Å². The van der Waals surface area contributed by atoms with Crippen LogP contribution in [0.5, 0.6) is 0 Å². The first-order valence-electron chi connectivity index (χ1n) is 21.5. The van der Waals surface area contributed by atoms with Crippen molar-refractivity contribution in [3.05, 3.63) is 129 Å². The van der Waals surface area contributed by atoms with Gasteiger partial charge in [-0.3, -0.25) is 28.7 Å². The van der Waals surface area contributed by atoms with E-state index in [1.54, 1.807) is 43.3 Å². The molecule has 3 aromatic carbocycles. The summed E-state index contributed by atoms with van der Waals surface area (Å²) in [6.45, 7) is 3.60. The number of aromatic amines is 1. The Balaban J connectivity index is 1.00. The number of carbonyl (C=O) groups is 4. The minimum Gasteiger partial charge on any atom is -0.469 e. The van der Waals surface area contributed by atoms with Gasteiger partial charge in [-0.1, -0.05) is 42.4 Å². The molecule has 5 aromatic rings. The first-order chi connectivity index (χ1) is 30.9. The molecule has 0 radical (unpaired) electrons. The predicted octanol–water partition coefficient (Wildman–Crippen LogP) is 5.71. The maximum atomic E-state index is 14.0. The highest BCUT2D eigenvalue weighted by molar-refractivity contribution is 7.89. The predicted molar refractivity (Wildman–Crippen MR) is 239 cm³/mol. The fourth-order valence-corrected chi connectivity index (χ4v) is 9.94. The topological polar surface area (TPSA) is 226 Å². The van der Waals surface area contributed by atoms with Gasteiger partial charge in [0.05, 0.1) is 30.2 Å². The summed E-state index contributed by atoms with van der Waals surface area (Å²) in [5, 5.41) is 12.0. The van der Waals surface area contributed by atoms with E-state index in [0.29, 0.717) is 55.6 Å². The summed E-state index contributed by atoms with van der Waals surface area (Å²) in [4.78, 5) is 72.7. The molecule has 4 N–H and O–H groups in total. The second-order valence-electron chi connectivity index (χ2n) is 15.9. The number of esters is 1. The second kappa shape index (κ2) is 20.7. The van der Waals surface area contributed by atoms with Crippen molar-refractivity contribution in [2.75, 3.05) is 42.3 Å². The van der Waals surface area contributed by atoms with E-state index >= 15 is 0 Å². The van der Waals surface area contributed by atoms with E-state index in [4.69, 9.17) is 9.72 Å². The number of aromatic nitrogens is 3. The third-order valence-electron chi connectivity index (χ3n) is 11.7. The van der Waals surface area contributed by atoms with E-state index in [1.807, 2.05) is 24.3 Å². The van der Waals surface area contributed by atoms with Crippen molar-refractivity contribution >= 4 is 50.9 Å². The number of pyridine rings is 1. The molecular formula is C46H52N8O9S. The first kappa shape index (κ1) is 45.4. The number of nitrogens with one attached hydrogen (secondary N) is 4. The molecule has 0 atom stereocenters. The smallest absolute Gasteiger partial charge is 0.438 e. The highest BCUT2D eigenvalue weighted by Crippen LogP contribution is 2.32. The molecule has 1 aliphatic carbocycles. The molecule has 1 saturated carbocycles. The molecule has 2 aromatic heterocycles. The van der Waals surface area contributed by atoms with Crippen molar-refractivity contribution in [3.8, 4) is 0 Å². The average molecular weight is 893 g/mol. The summed E-state index contributed by atoms with van der Waals surface area (Å²) in [7, 11) is -2.65. The lowest BCUT2D eigenvalue weighted by atomic mass is 9.86. The Hall–Kier alpha value is -6.66. The van der Waals surface area contributed by atoms with Gasteiger partial charge < -0.3 is 25.6 Å². The van der Waals surface area contributed by atoms with E-state index in [-0.39, 0.29) is 64.6 Å². The van der Waals surface area contributed by atoms with Crippen molar-refractivity contribution in [1.82, 2.24) is 24.7 Å². The summed E-state index contributed by atoms with van der Waals surface area (Å²) < 4.78 is 38.8. The Kier molecular flexibility index (Phi) is 14.7. The van der Waals surface area contributed by atoms with Crippen LogP contribution >= 0.6 is 0 Å². The van der Waals surface area contributed by atoms with Crippen LogP contribution in [0.15, 0.2) is 99.1 Å². The van der Waals surface area contributed by atoms with Gasteiger partial charge in [0.2, 0.25) is 10.0 Å². The Bertz CT molecular complexity index is 2620. The van der Waals surface area contributed by atoms with Crippen molar-refractivity contribution in [3.63, 3.8) is 0 Å². The zero-order valence-corrected chi connectivity index (χ0v) is 36.6. The number of benzene rings is 3. The molecule has 18 heteroatoms. The lowest BCUT2D eigenvalue weighted by molar-refractivity contribution is -0.146. The molecule has 7 rings (SSSR count). The third-order valence-corrected chi connectivity index (χ3v) is 13.7. The quantitative estimate of drug-likeness (QED) is 0.0875. The van der Waals surface area contributed by atoms with E-state index < -0.39 is 27.6 Å². The number of piperidine rings is 1. The molecule has 17 nitrogen and oxygen atoms in total. The van der Waals surface area contributed by atoms with Gasteiger partial charge in [0.1, 0.15) is 5.82 Å². The number of carbonyl (C=O) groups excluding carboxylic acids is 4. The van der Waals surface area contributed by atoms with E-state index in [0.717, 1.165) is 43.5 Å². The van der Waals surface area contributed by atoms with Crippen LogP contribution in [0.4, 0.5) is 17.2 Å². The van der Waals surface area contributed by atoms with Crippen LogP contribution in [0.3, 0.4) is 0 Å². The summed E-state index contributed by atoms with van der Waals surface area (Å²) >= 11 is 0. The van der Waals surface area contributed by atoms with Gasteiger partial charge >= 0.3 is 11.7 Å². The number of ether oxygens (including phenoxy) is 1. The largest absolute Gasteiger partial charge is 0.469 e. The minimum atomic E-state index is -4.00. The van der Waals surface area contributed by atoms with E-state index in [2.05, 4.69) is 35.5 Å². The summed E-state index contributed by atoms with van der Waals surface area (Å²) in [5.41, 5.74) is 3.30. The number of H-pyrrole nitrogens is 1. The summed E-state index contributed by atoms with van der Waals surface area (Å²) in [6, 6.07) is 23.6. The molecule has 3 heterocycles. The number of methoxy groups -OCH3 is 1. The number of hydrogen-bond donors (Lipinski definition) is 4. The Labute approximate surface area is 371 Å². The Morgan fingerprint density at radius 2 is 1.52 bits per heavy atom. The van der Waals surface area contributed by atoms with Crippen molar-refractivity contribution < 1.29 is 36.9 Å². The normalized spacial score (nSPS) is 16.5. The maximum Gasteiger partial charge on any atom is 0.438 e. The number of rotatable bonds is 16. The minimum absolute atomic E-state index is 0.00851. The molecule has 0 bridgehead atoms. The highest BCUT2D eigenvalue weighted by atomic mass is 32.2. The summed E-state index contributed by atoms with van der Waals surface area (Å²) in [6.07, 6.45) is 6.59. The lowest BCUT2D eigenvalue weighted by Gasteiger charge is -2.34. The van der Waals surface area contributed by atoms with Crippen LogP contribution < -0.4 is 26.6 Å². The van der Waals surface area contributed by atoms with Crippen LogP contribution in [0, 0.1) is 5.92 Å². The van der Waals surface area contributed by atoms with Gasteiger partial charge in [-0.25, -0.2) is 18.2 Å². The molecule has 3 amide bonds. The van der Waals surface area contributed by atoms with Crippen LogP contribution in [0.25, 0.3) is 0 Å². The van der Waals surface area contributed by atoms with Gasteiger partial charge in [0, 0.05) is 42.5 Å². The zero-order valence-electron chi connectivity index (χ0n) is 35.8. The fourth-order valence-electron chi connectivity index (χ4n) is 8.20. The van der Waals surface area contributed by atoms with Crippen LogP contribution in [-0.4, -0.2) is 84.3 Å². The molecule has 1 aliphatic heterocycles. The van der Waals surface area contributed by atoms with Gasteiger partial charge in [-0.2, -0.15) is 4.31 Å². The molecule has 0 spiro atoms.